The van der Waals surface area contributed by atoms with E-state index in [1.807, 2.05) is 36.4 Å². The van der Waals surface area contributed by atoms with Crippen molar-refractivity contribution in [1.29, 1.82) is 0 Å². The number of fused-ring (bicyclic) bond motifs is 5. The van der Waals surface area contributed by atoms with Crippen molar-refractivity contribution < 1.29 is 4.42 Å². The third kappa shape index (κ3) is 4.89. The molecular formula is C49H34N2O. The molecule has 0 radical (unpaired) electrons. The van der Waals surface area contributed by atoms with E-state index in [0.717, 1.165) is 55.9 Å². The van der Waals surface area contributed by atoms with E-state index in [-0.39, 0.29) is 5.41 Å². The number of aromatic nitrogens is 2. The van der Waals surface area contributed by atoms with Crippen LogP contribution >= 0.6 is 0 Å². The minimum atomic E-state index is -0.132. The summed E-state index contributed by atoms with van der Waals surface area (Å²) in [5, 5.41) is 3.61. The maximum Gasteiger partial charge on any atom is 0.160 e. The minimum Gasteiger partial charge on any atom is -0.456 e. The summed E-state index contributed by atoms with van der Waals surface area (Å²) in [6.45, 7) is 4.70. The van der Waals surface area contributed by atoms with Crippen molar-refractivity contribution in [1.82, 2.24) is 9.97 Å². The van der Waals surface area contributed by atoms with Crippen LogP contribution in [0.15, 0.2) is 174 Å². The molecule has 1 aliphatic rings. The van der Waals surface area contributed by atoms with E-state index in [4.69, 9.17) is 14.4 Å². The SMILES string of the molecule is CC1(C)c2cc3ccccc3cc2-c2c(-c3ccccc3-c3cc(-c4cccc(-c5cc6ccccc6o5)c4)nc(-c4ccccc4)n3)cccc21. The molecule has 0 unspecified atom stereocenters. The van der Waals surface area contributed by atoms with Gasteiger partial charge < -0.3 is 4.42 Å². The fraction of sp³-hybridized carbons (Fsp3) is 0.0612. The standard InChI is InChI=1S/C49H34N2O/c1-49(2)41-24-13-23-39(47(41)40-27-32-16-6-7-17-33(32)28-42(40)49)37-21-9-10-22-38(37)44-30-43(50-48(51-44)31-14-4-3-5-15-31)34-19-12-20-35(26-34)46-29-36-18-8-11-25-45(36)52-46/h3-30H,1-2H3. The van der Waals surface area contributed by atoms with E-state index in [9.17, 15) is 0 Å². The summed E-state index contributed by atoms with van der Waals surface area (Å²) in [5.41, 5.74) is 14.2. The fourth-order valence-corrected chi connectivity index (χ4v) is 8.04. The lowest BCUT2D eigenvalue weighted by Crippen LogP contribution is -2.14. The van der Waals surface area contributed by atoms with E-state index >= 15 is 0 Å². The Morgan fingerprint density at radius 1 is 0.423 bits per heavy atom. The summed E-state index contributed by atoms with van der Waals surface area (Å²) in [6.07, 6.45) is 0. The average Bonchev–Trinajstić information content (AvgIpc) is 3.74. The largest absolute Gasteiger partial charge is 0.456 e. The van der Waals surface area contributed by atoms with Crippen molar-refractivity contribution in [2.45, 2.75) is 19.3 Å². The molecule has 0 aliphatic heterocycles. The second-order valence-corrected chi connectivity index (χ2v) is 14.2. The van der Waals surface area contributed by atoms with Gasteiger partial charge in [0.2, 0.25) is 0 Å². The summed E-state index contributed by atoms with van der Waals surface area (Å²) >= 11 is 0. The molecule has 3 nitrogen and oxygen atoms in total. The number of hydrogen-bond acceptors (Lipinski definition) is 3. The smallest absolute Gasteiger partial charge is 0.160 e. The first-order valence-corrected chi connectivity index (χ1v) is 17.8. The first-order valence-electron chi connectivity index (χ1n) is 17.8. The molecule has 246 valence electrons. The Bertz CT molecular complexity index is 2790. The van der Waals surface area contributed by atoms with Gasteiger partial charge in [0.05, 0.1) is 11.4 Å². The van der Waals surface area contributed by atoms with Gasteiger partial charge in [-0.05, 0) is 80.6 Å². The maximum absolute atomic E-state index is 6.26. The first-order chi connectivity index (χ1) is 25.5. The maximum atomic E-state index is 6.26. The first kappa shape index (κ1) is 30.3. The monoisotopic (exact) mass is 666 g/mol. The molecule has 3 heteroatoms. The topological polar surface area (TPSA) is 38.9 Å². The summed E-state index contributed by atoms with van der Waals surface area (Å²) < 4.78 is 6.26. The number of furan rings is 1. The van der Waals surface area contributed by atoms with Gasteiger partial charge in [0.25, 0.3) is 0 Å². The second kappa shape index (κ2) is 11.8. The Labute approximate surface area is 302 Å². The third-order valence-corrected chi connectivity index (χ3v) is 10.7. The number of rotatable bonds is 5. The van der Waals surface area contributed by atoms with Crippen LogP contribution in [-0.2, 0) is 5.41 Å². The van der Waals surface area contributed by atoms with Crippen LogP contribution in [0.2, 0.25) is 0 Å². The molecule has 0 amide bonds. The predicted octanol–water partition coefficient (Wildman–Crippen LogP) is 13.0. The summed E-state index contributed by atoms with van der Waals surface area (Å²) in [4.78, 5) is 10.4. The van der Waals surface area contributed by atoms with Gasteiger partial charge in [-0.1, -0.05) is 147 Å². The quantitative estimate of drug-likeness (QED) is 0.183. The van der Waals surface area contributed by atoms with Crippen LogP contribution in [0.4, 0.5) is 0 Å². The lowest BCUT2D eigenvalue weighted by molar-refractivity contribution is 0.631. The van der Waals surface area contributed by atoms with E-state index < -0.39 is 0 Å². The van der Waals surface area contributed by atoms with Gasteiger partial charge in [-0.25, -0.2) is 9.97 Å². The van der Waals surface area contributed by atoms with Crippen molar-refractivity contribution >= 4 is 21.7 Å². The summed E-state index contributed by atoms with van der Waals surface area (Å²) in [5.74, 6) is 1.52. The fourth-order valence-electron chi connectivity index (χ4n) is 8.04. The number of para-hydroxylation sites is 1. The highest BCUT2D eigenvalue weighted by molar-refractivity contribution is 6.00. The Morgan fingerprint density at radius 2 is 1.06 bits per heavy atom. The Hall–Kier alpha value is -6.58. The van der Waals surface area contributed by atoms with Gasteiger partial charge >= 0.3 is 0 Å². The molecule has 0 saturated carbocycles. The van der Waals surface area contributed by atoms with Crippen molar-refractivity contribution in [2.24, 2.45) is 0 Å². The number of nitrogens with zero attached hydrogens (tertiary/aromatic N) is 2. The van der Waals surface area contributed by atoms with Crippen LogP contribution in [0.25, 0.3) is 89.2 Å². The molecule has 10 rings (SSSR count). The molecule has 0 N–H and O–H groups in total. The van der Waals surface area contributed by atoms with Gasteiger partial charge in [0, 0.05) is 33.1 Å². The van der Waals surface area contributed by atoms with Crippen LogP contribution < -0.4 is 0 Å². The highest BCUT2D eigenvalue weighted by atomic mass is 16.3. The number of hydrogen-bond donors (Lipinski definition) is 0. The second-order valence-electron chi connectivity index (χ2n) is 14.2. The van der Waals surface area contributed by atoms with E-state index in [0.29, 0.717) is 5.82 Å². The van der Waals surface area contributed by atoms with Crippen LogP contribution in [0.1, 0.15) is 25.0 Å². The zero-order chi connectivity index (χ0) is 34.8. The van der Waals surface area contributed by atoms with Crippen LogP contribution in [0, 0.1) is 0 Å². The molecule has 0 bridgehead atoms. The molecule has 1 aliphatic carbocycles. The molecule has 9 aromatic rings. The predicted molar refractivity (Wildman–Crippen MR) is 214 cm³/mol. The number of benzene rings is 7. The van der Waals surface area contributed by atoms with Crippen molar-refractivity contribution in [3.05, 3.63) is 181 Å². The zero-order valence-corrected chi connectivity index (χ0v) is 29.0. The van der Waals surface area contributed by atoms with Gasteiger partial charge in [-0.2, -0.15) is 0 Å². The molecule has 2 heterocycles. The molecule has 2 aromatic heterocycles. The minimum absolute atomic E-state index is 0.132. The van der Waals surface area contributed by atoms with Crippen LogP contribution in [-0.4, -0.2) is 9.97 Å². The van der Waals surface area contributed by atoms with E-state index in [1.165, 1.54) is 38.6 Å². The normalized spacial score (nSPS) is 13.0. The molecule has 0 atom stereocenters. The van der Waals surface area contributed by atoms with Gasteiger partial charge in [0.15, 0.2) is 5.82 Å². The van der Waals surface area contributed by atoms with Crippen molar-refractivity contribution in [3.63, 3.8) is 0 Å². The van der Waals surface area contributed by atoms with Gasteiger partial charge in [-0.3, -0.25) is 0 Å². The lowest BCUT2D eigenvalue weighted by atomic mass is 9.81. The van der Waals surface area contributed by atoms with Crippen LogP contribution in [0.3, 0.4) is 0 Å². The third-order valence-electron chi connectivity index (χ3n) is 10.7. The summed E-state index contributed by atoms with van der Waals surface area (Å²) in [6, 6.07) is 60.0. The Morgan fingerprint density at radius 3 is 1.88 bits per heavy atom. The zero-order valence-electron chi connectivity index (χ0n) is 29.0. The average molecular weight is 667 g/mol. The molecule has 0 fully saturated rings. The Kier molecular flexibility index (Phi) is 6.84. The summed E-state index contributed by atoms with van der Waals surface area (Å²) in [7, 11) is 0. The van der Waals surface area contributed by atoms with E-state index in [1.54, 1.807) is 0 Å². The highest BCUT2D eigenvalue weighted by Crippen LogP contribution is 2.54. The van der Waals surface area contributed by atoms with Crippen molar-refractivity contribution in [3.8, 4) is 67.5 Å². The highest BCUT2D eigenvalue weighted by Gasteiger charge is 2.37. The molecule has 0 spiro atoms. The molecular weight excluding hydrogens is 633 g/mol. The van der Waals surface area contributed by atoms with E-state index in [2.05, 4.69) is 147 Å². The molecule has 7 aromatic carbocycles. The lowest BCUT2D eigenvalue weighted by Gasteiger charge is -2.22. The van der Waals surface area contributed by atoms with Gasteiger partial charge in [-0.15, -0.1) is 0 Å². The molecule has 0 saturated heterocycles. The van der Waals surface area contributed by atoms with Crippen LogP contribution in [0.5, 0.6) is 0 Å². The molecule has 52 heavy (non-hydrogen) atoms. The van der Waals surface area contributed by atoms with Crippen molar-refractivity contribution in [2.75, 3.05) is 0 Å². The Balaban J connectivity index is 1.16. The van der Waals surface area contributed by atoms with Gasteiger partial charge in [0.1, 0.15) is 11.3 Å².